The molecular weight excluding hydrogens is 240 g/mol. The Kier molecular flexibility index (Phi) is 4.39. The van der Waals surface area contributed by atoms with Crippen LogP contribution in [0.2, 0.25) is 0 Å². The molecule has 0 amide bonds. The van der Waals surface area contributed by atoms with E-state index < -0.39 is 0 Å². The molecule has 98 valence electrons. The molecule has 0 spiro atoms. The highest BCUT2D eigenvalue weighted by Crippen LogP contribution is 2.13. The van der Waals surface area contributed by atoms with Gasteiger partial charge in [0.1, 0.15) is 0 Å². The minimum Gasteiger partial charge on any atom is -0.388 e. The summed E-state index contributed by atoms with van der Waals surface area (Å²) in [6.45, 7) is 1.29. The van der Waals surface area contributed by atoms with Crippen molar-refractivity contribution in [1.82, 2.24) is 15.2 Å². The fraction of sp³-hybridized carbons (Fsp3) is 0.231. The number of hydrogen-bond acceptors (Lipinski definition) is 5. The predicted molar refractivity (Wildman–Crippen MR) is 73.9 cm³/mol. The summed E-state index contributed by atoms with van der Waals surface area (Å²) in [6.07, 6.45) is 5.69. The first kappa shape index (κ1) is 12.9. The van der Waals surface area contributed by atoms with Gasteiger partial charge in [-0.05, 0) is 23.8 Å². The minimum absolute atomic E-state index is 0.167. The van der Waals surface area contributed by atoms with Gasteiger partial charge in [0.25, 0.3) is 0 Å². The lowest BCUT2D eigenvalue weighted by Gasteiger charge is -2.22. The zero-order valence-electron chi connectivity index (χ0n) is 10.5. The number of anilines is 1. The predicted octanol–water partition coefficient (Wildman–Crippen LogP) is 1.20. The summed E-state index contributed by atoms with van der Waals surface area (Å²) < 4.78 is 0. The van der Waals surface area contributed by atoms with Gasteiger partial charge in [-0.2, -0.15) is 5.10 Å². The van der Waals surface area contributed by atoms with Crippen molar-refractivity contribution in [3.05, 3.63) is 48.4 Å². The summed E-state index contributed by atoms with van der Waals surface area (Å²) >= 11 is 0. The number of nitrogens with one attached hydrogen (secondary N) is 1. The third kappa shape index (κ3) is 4.02. The van der Waals surface area contributed by atoms with Crippen molar-refractivity contribution in [2.75, 3.05) is 11.4 Å². The molecule has 2 aromatic rings. The Hall–Kier alpha value is -2.50. The van der Waals surface area contributed by atoms with Crippen LogP contribution < -0.4 is 10.6 Å². The highest BCUT2D eigenvalue weighted by Gasteiger charge is 2.09. The van der Waals surface area contributed by atoms with Crippen molar-refractivity contribution in [3.63, 3.8) is 0 Å². The number of rotatable bonds is 6. The quantitative estimate of drug-likeness (QED) is 0.598. The molecule has 0 atom stereocenters. The minimum atomic E-state index is 0.167. The molecule has 3 N–H and O–H groups in total. The Morgan fingerprint density at radius 1 is 1.26 bits per heavy atom. The van der Waals surface area contributed by atoms with Crippen LogP contribution in [0.1, 0.15) is 12.0 Å². The maximum absolute atomic E-state index is 7.33. The number of amidine groups is 1. The lowest BCUT2D eigenvalue weighted by atomic mass is 10.2. The van der Waals surface area contributed by atoms with Crippen molar-refractivity contribution >= 4 is 11.7 Å². The molecule has 6 heteroatoms. The van der Waals surface area contributed by atoms with Crippen LogP contribution in [0, 0.1) is 5.41 Å². The van der Waals surface area contributed by atoms with Crippen LogP contribution in [0.15, 0.2) is 42.9 Å². The highest BCUT2D eigenvalue weighted by molar-refractivity contribution is 5.77. The monoisotopic (exact) mass is 256 g/mol. The van der Waals surface area contributed by atoms with Gasteiger partial charge >= 0.3 is 0 Å². The number of pyridine rings is 1. The second kappa shape index (κ2) is 6.44. The lowest BCUT2D eigenvalue weighted by Crippen LogP contribution is -2.28. The van der Waals surface area contributed by atoms with E-state index in [-0.39, 0.29) is 5.84 Å². The van der Waals surface area contributed by atoms with Crippen LogP contribution in [-0.2, 0) is 6.54 Å². The van der Waals surface area contributed by atoms with E-state index in [0.29, 0.717) is 19.5 Å². The van der Waals surface area contributed by atoms with Crippen LogP contribution in [0.25, 0.3) is 0 Å². The zero-order chi connectivity index (χ0) is 13.5. The highest BCUT2D eigenvalue weighted by atomic mass is 15.3. The molecular formula is C13H16N6. The van der Waals surface area contributed by atoms with E-state index in [1.54, 1.807) is 12.4 Å². The molecule has 19 heavy (non-hydrogen) atoms. The molecule has 0 bridgehead atoms. The van der Waals surface area contributed by atoms with Crippen LogP contribution in [0.5, 0.6) is 0 Å². The van der Waals surface area contributed by atoms with Crippen LogP contribution >= 0.6 is 0 Å². The zero-order valence-corrected chi connectivity index (χ0v) is 10.5. The average molecular weight is 256 g/mol. The number of hydrogen-bond donors (Lipinski definition) is 2. The average Bonchev–Trinajstić information content (AvgIpc) is 2.45. The summed E-state index contributed by atoms with van der Waals surface area (Å²) in [5, 5.41) is 15.3. The van der Waals surface area contributed by atoms with Gasteiger partial charge in [0.05, 0.1) is 5.84 Å². The van der Waals surface area contributed by atoms with E-state index in [1.807, 2.05) is 35.4 Å². The summed E-state index contributed by atoms with van der Waals surface area (Å²) in [5.74, 6) is 0.938. The van der Waals surface area contributed by atoms with E-state index in [4.69, 9.17) is 11.1 Å². The van der Waals surface area contributed by atoms with E-state index in [9.17, 15) is 0 Å². The summed E-state index contributed by atoms with van der Waals surface area (Å²) in [5.41, 5.74) is 6.50. The third-order valence-electron chi connectivity index (χ3n) is 2.63. The largest absolute Gasteiger partial charge is 0.388 e. The van der Waals surface area contributed by atoms with E-state index in [0.717, 1.165) is 11.4 Å². The van der Waals surface area contributed by atoms with E-state index in [1.165, 1.54) is 0 Å². The molecule has 0 saturated carbocycles. The van der Waals surface area contributed by atoms with Crippen LogP contribution in [0.3, 0.4) is 0 Å². The summed E-state index contributed by atoms with van der Waals surface area (Å²) in [7, 11) is 0. The van der Waals surface area contributed by atoms with Gasteiger partial charge in [-0.15, -0.1) is 5.10 Å². The molecule has 2 rings (SSSR count). The molecule has 0 aliphatic carbocycles. The Labute approximate surface area is 111 Å². The molecule has 0 aromatic carbocycles. The third-order valence-corrected chi connectivity index (χ3v) is 2.63. The second-order valence-corrected chi connectivity index (χ2v) is 4.14. The Bertz CT molecular complexity index is 513. The number of aromatic nitrogens is 3. The van der Waals surface area contributed by atoms with Gasteiger partial charge in [-0.3, -0.25) is 10.4 Å². The Balaban J connectivity index is 2.12. The molecule has 0 aliphatic heterocycles. The maximum atomic E-state index is 7.33. The molecule has 0 saturated heterocycles. The van der Waals surface area contributed by atoms with Crippen molar-refractivity contribution < 1.29 is 0 Å². The van der Waals surface area contributed by atoms with Crippen LogP contribution in [0.4, 0.5) is 5.82 Å². The molecule has 0 aliphatic rings. The fourth-order valence-electron chi connectivity index (χ4n) is 1.70. The van der Waals surface area contributed by atoms with Gasteiger partial charge in [0.2, 0.25) is 0 Å². The van der Waals surface area contributed by atoms with Gasteiger partial charge in [-0.25, -0.2) is 0 Å². The molecule has 0 fully saturated rings. The SMILES string of the molecule is N=C(N)CCN(Cc1cccnc1)c1cccnn1. The summed E-state index contributed by atoms with van der Waals surface area (Å²) in [6, 6.07) is 7.63. The van der Waals surface area contributed by atoms with E-state index >= 15 is 0 Å². The number of nitrogens with zero attached hydrogens (tertiary/aromatic N) is 4. The smallest absolute Gasteiger partial charge is 0.151 e. The van der Waals surface area contributed by atoms with Gasteiger partial charge < -0.3 is 10.6 Å². The van der Waals surface area contributed by atoms with Gasteiger partial charge in [-0.1, -0.05) is 6.07 Å². The molecule has 6 nitrogen and oxygen atoms in total. The van der Waals surface area contributed by atoms with Crippen LogP contribution in [-0.4, -0.2) is 27.6 Å². The molecule has 2 heterocycles. The standard InChI is InChI=1S/C13H16N6/c14-12(15)5-8-19(13-4-2-7-17-18-13)10-11-3-1-6-16-9-11/h1-4,6-7,9H,5,8,10H2,(H3,14,15). The van der Waals surface area contributed by atoms with Gasteiger partial charge in [0, 0.05) is 38.1 Å². The Morgan fingerprint density at radius 2 is 2.11 bits per heavy atom. The van der Waals surface area contributed by atoms with Gasteiger partial charge in [0.15, 0.2) is 5.82 Å². The van der Waals surface area contributed by atoms with Crippen molar-refractivity contribution in [2.24, 2.45) is 5.73 Å². The van der Waals surface area contributed by atoms with Crippen molar-refractivity contribution in [2.45, 2.75) is 13.0 Å². The van der Waals surface area contributed by atoms with Crippen molar-refractivity contribution in [3.8, 4) is 0 Å². The normalized spacial score (nSPS) is 10.1. The molecule has 2 aromatic heterocycles. The number of nitrogens with two attached hydrogens (primary N) is 1. The first-order valence-electron chi connectivity index (χ1n) is 6.00. The first-order valence-corrected chi connectivity index (χ1v) is 6.00. The molecule has 0 unspecified atom stereocenters. The lowest BCUT2D eigenvalue weighted by molar-refractivity contribution is 0.770. The maximum Gasteiger partial charge on any atom is 0.151 e. The second-order valence-electron chi connectivity index (χ2n) is 4.14. The summed E-state index contributed by atoms with van der Waals surface area (Å²) in [4.78, 5) is 6.13. The fourth-order valence-corrected chi connectivity index (χ4v) is 1.70. The van der Waals surface area contributed by atoms with E-state index in [2.05, 4.69) is 15.2 Å². The Morgan fingerprint density at radius 3 is 2.74 bits per heavy atom. The topological polar surface area (TPSA) is 91.8 Å². The first-order chi connectivity index (χ1) is 9.25. The van der Waals surface area contributed by atoms with Crippen molar-refractivity contribution in [1.29, 1.82) is 5.41 Å². The molecule has 0 radical (unpaired) electrons.